The van der Waals surface area contributed by atoms with Crippen LogP contribution in [0.15, 0.2) is 52.3 Å². The van der Waals surface area contributed by atoms with E-state index in [1.54, 1.807) is 18.0 Å². The number of rotatable bonds is 8. The van der Waals surface area contributed by atoms with Crippen molar-refractivity contribution >= 4 is 35.1 Å². The second-order valence-corrected chi connectivity index (χ2v) is 7.91. The highest BCUT2D eigenvalue weighted by Gasteiger charge is 2.31. The number of benzene rings is 2. The molecule has 0 heterocycles. The van der Waals surface area contributed by atoms with Gasteiger partial charge >= 0.3 is 5.51 Å². The molecular formula is C19H21F3N2O2S2. The van der Waals surface area contributed by atoms with Crippen LogP contribution in [0, 0.1) is 0 Å². The summed E-state index contributed by atoms with van der Waals surface area (Å²) in [7, 11) is 3.07. The van der Waals surface area contributed by atoms with Crippen LogP contribution < -0.4 is 10.1 Å². The van der Waals surface area contributed by atoms with Gasteiger partial charge in [-0.1, -0.05) is 18.2 Å². The molecule has 0 atom stereocenters. The SMILES string of the molecule is COc1ccc(CN(C)CC(=O)Nc2ccccc2SC)cc1SC(F)(F)F. The number of carbonyl (C=O) groups excluding carboxylic acids is 1. The van der Waals surface area contributed by atoms with Gasteiger partial charge in [-0.3, -0.25) is 9.69 Å². The molecule has 0 fully saturated rings. The van der Waals surface area contributed by atoms with Crippen molar-refractivity contribution in [2.75, 3.05) is 32.3 Å². The Morgan fingerprint density at radius 3 is 2.54 bits per heavy atom. The van der Waals surface area contributed by atoms with Crippen molar-refractivity contribution in [3.63, 3.8) is 0 Å². The summed E-state index contributed by atoms with van der Waals surface area (Å²) in [5.41, 5.74) is -3.00. The van der Waals surface area contributed by atoms with Crippen LogP contribution in [0.4, 0.5) is 18.9 Å². The van der Waals surface area contributed by atoms with Crippen LogP contribution in [-0.4, -0.2) is 43.3 Å². The van der Waals surface area contributed by atoms with Gasteiger partial charge < -0.3 is 10.1 Å². The average molecular weight is 431 g/mol. The van der Waals surface area contributed by atoms with E-state index in [9.17, 15) is 18.0 Å². The van der Waals surface area contributed by atoms with Crippen LogP contribution in [0.1, 0.15) is 5.56 Å². The molecule has 0 saturated carbocycles. The molecule has 0 bridgehead atoms. The van der Waals surface area contributed by atoms with E-state index < -0.39 is 5.51 Å². The third kappa shape index (κ3) is 6.96. The number of para-hydroxylation sites is 1. The van der Waals surface area contributed by atoms with Gasteiger partial charge in [-0.05, 0) is 54.9 Å². The number of likely N-dealkylation sites (N-methyl/N-ethyl adjacent to an activating group) is 1. The molecule has 2 rings (SSSR count). The molecule has 0 aliphatic heterocycles. The van der Waals surface area contributed by atoms with Crippen LogP contribution in [0.3, 0.4) is 0 Å². The van der Waals surface area contributed by atoms with E-state index in [4.69, 9.17) is 4.74 Å². The number of ether oxygens (including phenoxy) is 1. The molecule has 9 heteroatoms. The number of nitrogens with one attached hydrogen (secondary N) is 1. The zero-order valence-electron chi connectivity index (χ0n) is 15.7. The molecule has 1 N–H and O–H groups in total. The first-order valence-electron chi connectivity index (χ1n) is 8.26. The van der Waals surface area contributed by atoms with Gasteiger partial charge in [0.2, 0.25) is 5.91 Å². The first-order chi connectivity index (χ1) is 13.2. The molecule has 28 heavy (non-hydrogen) atoms. The van der Waals surface area contributed by atoms with E-state index in [0.717, 1.165) is 10.6 Å². The lowest BCUT2D eigenvalue weighted by atomic mass is 10.2. The van der Waals surface area contributed by atoms with Gasteiger partial charge in [0.1, 0.15) is 5.75 Å². The van der Waals surface area contributed by atoms with Crippen molar-refractivity contribution in [3.8, 4) is 5.75 Å². The van der Waals surface area contributed by atoms with Crippen molar-refractivity contribution in [2.24, 2.45) is 0 Å². The topological polar surface area (TPSA) is 41.6 Å². The van der Waals surface area contributed by atoms with Crippen LogP contribution in [-0.2, 0) is 11.3 Å². The third-order valence-corrected chi connectivity index (χ3v) is 5.27. The molecule has 152 valence electrons. The summed E-state index contributed by atoms with van der Waals surface area (Å²) in [6, 6.07) is 12.1. The fraction of sp³-hybridized carbons (Fsp3) is 0.316. The Balaban J connectivity index is 2.01. The van der Waals surface area contributed by atoms with E-state index in [1.165, 1.54) is 31.0 Å². The van der Waals surface area contributed by atoms with Gasteiger partial charge in [-0.15, -0.1) is 11.8 Å². The predicted molar refractivity (Wildman–Crippen MR) is 108 cm³/mol. The average Bonchev–Trinajstić information content (AvgIpc) is 2.60. The van der Waals surface area contributed by atoms with Gasteiger partial charge in [0.05, 0.1) is 24.2 Å². The molecule has 0 radical (unpaired) electrons. The maximum atomic E-state index is 12.7. The lowest BCUT2D eigenvalue weighted by Gasteiger charge is -2.18. The molecule has 0 aliphatic carbocycles. The Bertz CT molecular complexity index is 816. The van der Waals surface area contributed by atoms with Crippen LogP contribution in [0.2, 0.25) is 0 Å². The van der Waals surface area contributed by atoms with Gasteiger partial charge in [-0.25, -0.2) is 0 Å². The first-order valence-corrected chi connectivity index (χ1v) is 10.3. The minimum atomic E-state index is -4.40. The number of amides is 1. The third-order valence-electron chi connectivity index (χ3n) is 3.70. The highest BCUT2D eigenvalue weighted by atomic mass is 32.2. The highest BCUT2D eigenvalue weighted by molar-refractivity contribution is 8.00. The molecule has 0 saturated heterocycles. The van der Waals surface area contributed by atoms with Gasteiger partial charge in [0.25, 0.3) is 0 Å². The molecule has 0 unspecified atom stereocenters. The smallest absolute Gasteiger partial charge is 0.446 e. The van der Waals surface area contributed by atoms with Crippen molar-refractivity contribution in [1.29, 1.82) is 0 Å². The molecule has 0 spiro atoms. The lowest BCUT2D eigenvalue weighted by molar-refractivity contribution is -0.117. The van der Waals surface area contributed by atoms with Crippen molar-refractivity contribution < 1.29 is 22.7 Å². The maximum Gasteiger partial charge on any atom is 0.446 e. The second-order valence-electron chi connectivity index (χ2n) is 5.95. The number of halogens is 3. The summed E-state index contributed by atoms with van der Waals surface area (Å²) in [5, 5.41) is 2.86. The standard InChI is InChI=1S/C19H21F3N2O2S2/c1-24(12-18(25)23-14-6-4-5-7-16(14)27-3)11-13-8-9-15(26-2)17(10-13)28-19(20,21)22/h4-10H,11-12H2,1-3H3,(H,23,25). The second kappa shape index (κ2) is 10.1. The molecule has 1 amide bonds. The summed E-state index contributed by atoms with van der Waals surface area (Å²) in [6.07, 6.45) is 1.93. The van der Waals surface area contributed by atoms with Gasteiger partial charge in [0.15, 0.2) is 0 Å². The molecular weight excluding hydrogens is 409 g/mol. The van der Waals surface area contributed by atoms with Crippen LogP contribution in [0.5, 0.6) is 5.75 Å². The van der Waals surface area contributed by atoms with E-state index in [2.05, 4.69) is 5.32 Å². The number of hydrogen-bond donors (Lipinski definition) is 1. The number of anilines is 1. The van der Waals surface area contributed by atoms with Crippen molar-refractivity contribution in [3.05, 3.63) is 48.0 Å². The fourth-order valence-electron chi connectivity index (χ4n) is 2.57. The lowest BCUT2D eigenvalue weighted by Crippen LogP contribution is -2.30. The Labute approximate surface area is 170 Å². The highest BCUT2D eigenvalue weighted by Crippen LogP contribution is 2.41. The zero-order valence-corrected chi connectivity index (χ0v) is 17.3. The predicted octanol–water partition coefficient (Wildman–Crippen LogP) is 5.10. The number of alkyl halides is 3. The summed E-state index contributed by atoms with van der Waals surface area (Å²) in [6.45, 7) is 0.434. The number of thioether (sulfide) groups is 2. The fourth-order valence-corrected chi connectivity index (χ4v) is 3.84. The summed E-state index contributed by atoms with van der Waals surface area (Å²) >= 11 is 1.32. The Kier molecular flexibility index (Phi) is 8.09. The number of carbonyl (C=O) groups is 1. The van der Waals surface area contributed by atoms with Crippen molar-refractivity contribution in [1.82, 2.24) is 4.90 Å². The molecule has 0 aliphatic rings. The Hall–Kier alpha value is -1.84. The molecule has 0 aromatic heterocycles. The minimum absolute atomic E-state index is 0.000695. The zero-order chi connectivity index (χ0) is 20.7. The Morgan fingerprint density at radius 1 is 1.18 bits per heavy atom. The molecule has 4 nitrogen and oxygen atoms in total. The largest absolute Gasteiger partial charge is 0.496 e. The number of nitrogens with zero attached hydrogens (tertiary/aromatic N) is 1. The quantitative estimate of drug-likeness (QED) is 0.590. The summed E-state index contributed by atoms with van der Waals surface area (Å²) < 4.78 is 43.2. The number of hydrogen-bond acceptors (Lipinski definition) is 5. The van der Waals surface area contributed by atoms with Crippen molar-refractivity contribution in [2.45, 2.75) is 21.8 Å². The van der Waals surface area contributed by atoms with E-state index >= 15 is 0 Å². The summed E-state index contributed by atoms with van der Waals surface area (Å²) in [4.78, 5) is 15.0. The van der Waals surface area contributed by atoms with Crippen LogP contribution in [0.25, 0.3) is 0 Å². The van der Waals surface area contributed by atoms with Crippen LogP contribution >= 0.6 is 23.5 Å². The number of methoxy groups -OCH3 is 1. The van der Waals surface area contributed by atoms with E-state index in [0.29, 0.717) is 12.1 Å². The normalized spacial score (nSPS) is 11.5. The Morgan fingerprint density at radius 2 is 1.89 bits per heavy atom. The van der Waals surface area contributed by atoms with Gasteiger partial charge in [-0.2, -0.15) is 13.2 Å². The summed E-state index contributed by atoms with van der Waals surface area (Å²) in [5.74, 6) is -0.0254. The molecule has 2 aromatic rings. The maximum absolute atomic E-state index is 12.7. The van der Waals surface area contributed by atoms with E-state index in [-0.39, 0.29) is 34.9 Å². The van der Waals surface area contributed by atoms with Gasteiger partial charge in [0, 0.05) is 11.4 Å². The molecule has 2 aromatic carbocycles. The van der Waals surface area contributed by atoms with E-state index in [1.807, 2.05) is 30.5 Å². The minimum Gasteiger partial charge on any atom is -0.496 e. The monoisotopic (exact) mass is 430 g/mol. The first kappa shape index (κ1) is 22.4.